The number of pyridine rings is 1. The number of nitrogens with zero attached hydrogens (tertiary/aromatic N) is 1. The monoisotopic (exact) mass is 237 g/mol. The highest BCUT2D eigenvalue weighted by atomic mass is 79.9. The number of aryl methyl sites for hydroxylation is 1. The standard InChI is InChI=1S/C10H8BrNO/c1-6-2-3-9(11)8-4-7(13)5-12-10(6)8/h2-5,13H,1H3. The van der Waals surface area contributed by atoms with Crippen LogP contribution < -0.4 is 0 Å². The minimum absolute atomic E-state index is 0.193. The van der Waals surface area contributed by atoms with E-state index in [-0.39, 0.29) is 5.75 Å². The van der Waals surface area contributed by atoms with Crippen LogP contribution in [0.15, 0.2) is 28.9 Å². The molecule has 0 atom stereocenters. The van der Waals surface area contributed by atoms with Gasteiger partial charge in [0.25, 0.3) is 0 Å². The fraction of sp³-hybridized carbons (Fsp3) is 0.100. The highest BCUT2D eigenvalue weighted by Crippen LogP contribution is 2.27. The number of hydrogen-bond donors (Lipinski definition) is 1. The summed E-state index contributed by atoms with van der Waals surface area (Å²) in [6.45, 7) is 2.00. The van der Waals surface area contributed by atoms with Gasteiger partial charge in [-0.2, -0.15) is 0 Å². The molecule has 0 radical (unpaired) electrons. The van der Waals surface area contributed by atoms with E-state index in [0.29, 0.717) is 0 Å². The fourth-order valence-corrected chi connectivity index (χ4v) is 1.75. The summed E-state index contributed by atoms with van der Waals surface area (Å²) in [5.74, 6) is 0.193. The summed E-state index contributed by atoms with van der Waals surface area (Å²) in [6, 6.07) is 5.66. The third-order valence-electron chi connectivity index (χ3n) is 1.98. The van der Waals surface area contributed by atoms with Gasteiger partial charge in [0.05, 0.1) is 11.7 Å². The van der Waals surface area contributed by atoms with Crippen LogP contribution in [0.5, 0.6) is 5.75 Å². The third kappa shape index (κ3) is 1.40. The number of aromatic hydroxyl groups is 1. The first kappa shape index (κ1) is 8.51. The van der Waals surface area contributed by atoms with Crippen LogP contribution in [0.25, 0.3) is 10.9 Å². The molecule has 2 aromatic rings. The molecule has 0 saturated heterocycles. The number of aromatic nitrogens is 1. The topological polar surface area (TPSA) is 33.1 Å². The molecule has 0 aliphatic heterocycles. The first-order valence-electron chi connectivity index (χ1n) is 3.92. The van der Waals surface area contributed by atoms with Crippen LogP contribution in [0.1, 0.15) is 5.56 Å². The van der Waals surface area contributed by atoms with E-state index in [1.54, 1.807) is 6.07 Å². The van der Waals surface area contributed by atoms with Gasteiger partial charge in [0.15, 0.2) is 0 Å². The first-order chi connectivity index (χ1) is 6.18. The Morgan fingerprint density at radius 2 is 2.15 bits per heavy atom. The summed E-state index contributed by atoms with van der Waals surface area (Å²) in [4.78, 5) is 4.16. The maximum atomic E-state index is 9.26. The molecule has 0 amide bonds. The second-order valence-electron chi connectivity index (χ2n) is 2.95. The Hall–Kier alpha value is -1.09. The zero-order valence-corrected chi connectivity index (χ0v) is 8.67. The van der Waals surface area contributed by atoms with Crippen molar-refractivity contribution in [1.82, 2.24) is 4.98 Å². The van der Waals surface area contributed by atoms with Gasteiger partial charge >= 0.3 is 0 Å². The second-order valence-corrected chi connectivity index (χ2v) is 3.81. The van der Waals surface area contributed by atoms with Crippen LogP contribution in [0.3, 0.4) is 0 Å². The molecule has 0 aliphatic carbocycles. The summed E-state index contributed by atoms with van der Waals surface area (Å²) < 4.78 is 0.955. The van der Waals surface area contributed by atoms with Crippen molar-refractivity contribution in [2.24, 2.45) is 0 Å². The van der Waals surface area contributed by atoms with Crippen molar-refractivity contribution in [2.75, 3.05) is 0 Å². The molecule has 3 heteroatoms. The first-order valence-corrected chi connectivity index (χ1v) is 4.71. The van der Waals surface area contributed by atoms with Crippen LogP contribution >= 0.6 is 15.9 Å². The lowest BCUT2D eigenvalue weighted by atomic mass is 10.1. The van der Waals surface area contributed by atoms with Crippen LogP contribution in [0.4, 0.5) is 0 Å². The van der Waals surface area contributed by atoms with Crippen molar-refractivity contribution < 1.29 is 5.11 Å². The van der Waals surface area contributed by atoms with Gasteiger partial charge in [0.1, 0.15) is 5.75 Å². The maximum absolute atomic E-state index is 9.26. The van der Waals surface area contributed by atoms with E-state index in [2.05, 4.69) is 20.9 Å². The number of rotatable bonds is 0. The smallest absolute Gasteiger partial charge is 0.134 e. The molecule has 1 N–H and O–H groups in total. The molecule has 2 rings (SSSR count). The minimum atomic E-state index is 0.193. The summed E-state index contributed by atoms with van der Waals surface area (Å²) in [5, 5.41) is 10.2. The van der Waals surface area contributed by atoms with Gasteiger partial charge < -0.3 is 5.11 Å². The normalized spacial score (nSPS) is 10.6. The Balaban J connectivity index is 2.92. The average Bonchev–Trinajstić information content (AvgIpc) is 2.12. The van der Waals surface area contributed by atoms with E-state index < -0.39 is 0 Å². The predicted molar refractivity (Wildman–Crippen MR) is 55.8 cm³/mol. The van der Waals surface area contributed by atoms with Crippen molar-refractivity contribution in [1.29, 1.82) is 0 Å². The lowest BCUT2D eigenvalue weighted by molar-refractivity contribution is 0.474. The Kier molecular flexibility index (Phi) is 1.96. The Labute approximate surface area is 84.4 Å². The highest BCUT2D eigenvalue weighted by molar-refractivity contribution is 9.10. The van der Waals surface area contributed by atoms with Gasteiger partial charge in [-0.3, -0.25) is 4.98 Å². The third-order valence-corrected chi connectivity index (χ3v) is 2.68. The number of benzene rings is 1. The zero-order chi connectivity index (χ0) is 9.42. The van der Waals surface area contributed by atoms with Crippen molar-refractivity contribution in [3.8, 4) is 5.75 Å². The molecule has 0 unspecified atom stereocenters. The zero-order valence-electron chi connectivity index (χ0n) is 7.08. The van der Waals surface area contributed by atoms with E-state index in [1.807, 2.05) is 19.1 Å². The molecule has 2 nitrogen and oxygen atoms in total. The van der Waals surface area contributed by atoms with Crippen molar-refractivity contribution >= 4 is 26.8 Å². The second kappa shape index (κ2) is 3.00. The van der Waals surface area contributed by atoms with E-state index >= 15 is 0 Å². The molecule has 1 aromatic carbocycles. The number of fused-ring (bicyclic) bond motifs is 1. The molecular formula is C10H8BrNO. The molecule has 13 heavy (non-hydrogen) atoms. The Morgan fingerprint density at radius 3 is 2.92 bits per heavy atom. The number of hydrogen-bond acceptors (Lipinski definition) is 2. The lowest BCUT2D eigenvalue weighted by Crippen LogP contribution is -1.83. The highest BCUT2D eigenvalue weighted by Gasteiger charge is 2.03. The summed E-state index contributed by atoms with van der Waals surface area (Å²) >= 11 is 3.41. The molecule has 1 heterocycles. The average molecular weight is 238 g/mol. The van der Waals surface area contributed by atoms with Crippen LogP contribution in [-0.2, 0) is 0 Å². The quantitative estimate of drug-likeness (QED) is 0.765. The molecule has 0 bridgehead atoms. The largest absolute Gasteiger partial charge is 0.506 e. The van der Waals surface area contributed by atoms with Gasteiger partial charge in [-0.15, -0.1) is 0 Å². The Bertz CT molecular complexity index is 468. The minimum Gasteiger partial charge on any atom is -0.506 e. The van der Waals surface area contributed by atoms with Crippen molar-refractivity contribution in [2.45, 2.75) is 6.92 Å². The molecular weight excluding hydrogens is 230 g/mol. The van der Waals surface area contributed by atoms with E-state index in [1.165, 1.54) is 6.20 Å². The summed E-state index contributed by atoms with van der Waals surface area (Å²) in [7, 11) is 0. The lowest BCUT2D eigenvalue weighted by Gasteiger charge is -2.03. The predicted octanol–water partition coefficient (Wildman–Crippen LogP) is 3.01. The van der Waals surface area contributed by atoms with Crippen LogP contribution in [0.2, 0.25) is 0 Å². The van der Waals surface area contributed by atoms with E-state index in [9.17, 15) is 5.11 Å². The molecule has 0 fully saturated rings. The maximum Gasteiger partial charge on any atom is 0.134 e. The molecule has 1 aromatic heterocycles. The molecule has 0 spiro atoms. The van der Waals surface area contributed by atoms with Crippen LogP contribution in [0, 0.1) is 6.92 Å². The molecule has 66 valence electrons. The summed E-state index contributed by atoms with van der Waals surface area (Å²) in [6.07, 6.45) is 1.46. The fourth-order valence-electron chi connectivity index (χ4n) is 1.32. The van der Waals surface area contributed by atoms with Gasteiger partial charge in [-0.25, -0.2) is 0 Å². The Morgan fingerprint density at radius 1 is 1.38 bits per heavy atom. The molecule has 0 aliphatic rings. The van der Waals surface area contributed by atoms with Crippen molar-refractivity contribution in [3.63, 3.8) is 0 Å². The van der Waals surface area contributed by atoms with Gasteiger partial charge in [-0.1, -0.05) is 22.0 Å². The van der Waals surface area contributed by atoms with Gasteiger partial charge in [0, 0.05) is 9.86 Å². The molecule has 0 saturated carbocycles. The van der Waals surface area contributed by atoms with Gasteiger partial charge in [-0.05, 0) is 24.6 Å². The van der Waals surface area contributed by atoms with Gasteiger partial charge in [0.2, 0.25) is 0 Å². The number of halogens is 1. The van der Waals surface area contributed by atoms with Crippen LogP contribution in [-0.4, -0.2) is 10.1 Å². The summed E-state index contributed by atoms with van der Waals surface area (Å²) in [5.41, 5.74) is 2.03. The van der Waals surface area contributed by atoms with E-state index in [4.69, 9.17) is 0 Å². The SMILES string of the molecule is Cc1ccc(Br)c2cc(O)cnc12. The van der Waals surface area contributed by atoms with Crippen molar-refractivity contribution in [3.05, 3.63) is 34.4 Å². The van der Waals surface area contributed by atoms with E-state index in [0.717, 1.165) is 20.9 Å².